The van der Waals surface area contributed by atoms with Crippen LogP contribution in [-0.4, -0.2) is 53.2 Å². The smallest absolute Gasteiger partial charge is 0.407 e. The zero-order valence-electron chi connectivity index (χ0n) is 19.0. The van der Waals surface area contributed by atoms with Crippen LogP contribution in [0.25, 0.3) is 11.1 Å². The Morgan fingerprint density at radius 3 is 2.27 bits per heavy atom. The van der Waals surface area contributed by atoms with Crippen molar-refractivity contribution < 1.29 is 24.2 Å². The Morgan fingerprint density at radius 1 is 1.06 bits per heavy atom. The molecule has 2 aromatic rings. The van der Waals surface area contributed by atoms with Gasteiger partial charge in [-0.05, 0) is 47.9 Å². The molecule has 7 nitrogen and oxygen atoms in total. The van der Waals surface area contributed by atoms with Gasteiger partial charge in [-0.15, -0.1) is 0 Å². The average molecular weight is 451 g/mol. The molecule has 0 spiro atoms. The van der Waals surface area contributed by atoms with Gasteiger partial charge in [0.25, 0.3) is 0 Å². The van der Waals surface area contributed by atoms with Crippen LogP contribution in [0.2, 0.25) is 0 Å². The van der Waals surface area contributed by atoms with Crippen molar-refractivity contribution in [3.63, 3.8) is 0 Å². The highest BCUT2D eigenvalue weighted by Crippen LogP contribution is 2.44. The first-order valence-corrected chi connectivity index (χ1v) is 11.5. The van der Waals surface area contributed by atoms with E-state index in [1.54, 1.807) is 6.92 Å². The lowest BCUT2D eigenvalue weighted by molar-refractivity contribution is -0.153. The number of carboxylic acid groups (broad SMARTS) is 1. The molecule has 174 valence electrons. The van der Waals surface area contributed by atoms with Crippen molar-refractivity contribution in [2.45, 2.75) is 51.1 Å². The summed E-state index contributed by atoms with van der Waals surface area (Å²) in [7, 11) is 0. The van der Waals surface area contributed by atoms with Gasteiger partial charge in [0.15, 0.2) is 0 Å². The standard InChI is InChI=1S/C26H30N2O5/c1-16-11-12-23(25(30)31)28(14-16)24(29)13-17(2)27-26(32)33-15-22-20-9-5-3-7-18(20)19-8-4-6-10-21(19)22/h3-10,16-17,22-23H,11-15H2,1-2H3,(H,27,32)(H,30,31)/t16?,17-,23?/m1/s1. The van der Waals surface area contributed by atoms with Gasteiger partial charge in [-0.3, -0.25) is 4.79 Å². The maximum atomic E-state index is 12.8. The first kappa shape index (κ1) is 22.8. The number of fused-ring (bicyclic) bond motifs is 3. The summed E-state index contributed by atoms with van der Waals surface area (Å²) < 4.78 is 5.54. The van der Waals surface area contributed by atoms with Gasteiger partial charge in [-0.2, -0.15) is 0 Å². The lowest BCUT2D eigenvalue weighted by atomic mass is 9.93. The summed E-state index contributed by atoms with van der Waals surface area (Å²) in [6, 6.07) is 15.0. The molecule has 1 heterocycles. The van der Waals surface area contributed by atoms with E-state index >= 15 is 0 Å². The zero-order chi connectivity index (χ0) is 23.5. The third-order valence-corrected chi connectivity index (χ3v) is 6.61. The molecule has 2 unspecified atom stereocenters. The Bertz CT molecular complexity index is 1010. The first-order valence-electron chi connectivity index (χ1n) is 11.5. The van der Waals surface area contributed by atoms with Crippen molar-refractivity contribution >= 4 is 18.0 Å². The molecule has 7 heteroatoms. The molecule has 2 N–H and O–H groups in total. The van der Waals surface area contributed by atoms with E-state index in [2.05, 4.69) is 29.6 Å². The Hall–Kier alpha value is -3.35. The van der Waals surface area contributed by atoms with Crippen LogP contribution >= 0.6 is 0 Å². The number of carboxylic acids is 1. The van der Waals surface area contributed by atoms with Crippen LogP contribution in [0.4, 0.5) is 4.79 Å². The summed E-state index contributed by atoms with van der Waals surface area (Å²) in [4.78, 5) is 38.2. The highest BCUT2D eigenvalue weighted by molar-refractivity contribution is 5.84. The SMILES string of the molecule is CC1CCC(C(=O)O)N(C(=O)C[C@@H](C)NC(=O)OCC2c3ccccc3-c3ccccc32)C1. The van der Waals surface area contributed by atoms with Gasteiger partial charge in [0.05, 0.1) is 0 Å². The van der Waals surface area contributed by atoms with Gasteiger partial charge >= 0.3 is 12.1 Å². The Balaban J connectivity index is 1.33. The average Bonchev–Trinajstić information content (AvgIpc) is 3.11. The first-order chi connectivity index (χ1) is 15.8. The fourth-order valence-electron chi connectivity index (χ4n) is 4.96. The van der Waals surface area contributed by atoms with Crippen LogP contribution in [0.3, 0.4) is 0 Å². The van der Waals surface area contributed by atoms with E-state index in [-0.39, 0.29) is 30.8 Å². The van der Waals surface area contributed by atoms with Crippen LogP contribution in [-0.2, 0) is 14.3 Å². The van der Waals surface area contributed by atoms with Crippen molar-refractivity contribution in [3.05, 3.63) is 59.7 Å². The number of alkyl carbamates (subject to hydrolysis) is 1. The number of carbonyl (C=O) groups is 3. The van der Waals surface area contributed by atoms with Crippen LogP contribution in [0.5, 0.6) is 0 Å². The second-order valence-electron chi connectivity index (χ2n) is 9.16. The molecule has 2 aliphatic rings. The number of amides is 2. The summed E-state index contributed by atoms with van der Waals surface area (Å²) in [6.45, 7) is 4.36. The molecule has 4 rings (SSSR count). The molecule has 0 saturated carbocycles. The number of carbonyl (C=O) groups excluding carboxylic acids is 2. The number of piperidine rings is 1. The maximum absolute atomic E-state index is 12.8. The molecule has 1 fully saturated rings. The molecular weight excluding hydrogens is 420 g/mol. The second kappa shape index (κ2) is 9.65. The van der Waals surface area contributed by atoms with Gasteiger partial charge in [0, 0.05) is 24.9 Å². The van der Waals surface area contributed by atoms with Crippen molar-refractivity contribution in [2.75, 3.05) is 13.2 Å². The molecule has 2 amide bonds. The number of benzene rings is 2. The summed E-state index contributed by atoms with van der Waals surface area (Å²) in [6.07, 6.45) is 0.685. The van der Waals surface area contributed by atoms with Crippen molar-refractivity contribution in [1.82, 2.24) is 10.2 Å². The van der Waals surface area contributed by atoms with Crippen LogP contribution in [0, 0.1) is 5.92 Å². The van der Waals surface area contributed by atoms with Crippen molar-refractivity contribution in [2.24, 2.45) is 5.92 Å². The van der Waals surface area contributed by atoms with E-state index in [4.69, 9.17) is 4.74 Å². The van der Waals surface area contributed by atoms with E-state index in [0.717, 1.165) is 28.7 Å². The van der Waals surface area contributed by atoms with E-state index in [1.165, 1.54) is 4.90 Å². The number of nitrogens with one attached hydrogen (secondary N) is 1. The van der Waals surface area contributed by atoms with E-state index in [0.29, 0.717) is 13.0 Å². The van der Waals surface area contributed by atoms with E-state index in [9.17, 15) is 19.5 Å². The van der Waals surface area contributed by atoms with Gasteiger partial charge < -0.3 is 20.1 Å². The van der Waals surface area contributed by atoms with Crippen LogP contribution in [0.15, 0.2) is 48.5 Å². The number of aliphatic carboxylic acids is 1. The predicted octanol–water partition coefficient (Wildman–Crippen LogP) is 4.02. The van der Waals surface area contributed by atoms with E-state index < -0.39 is 24.1 Å². The molecule has 1 aliphatic heterocycles. The highest BCUT2D eigenvalue weighted by Gasteiger charge is 2.35. The minimum atomic E-state index is -0.979. The zero-order valence-corrected chi connectivity index (χ0v) is 19.0. The minimum Gasteiger partial charge on any atom is -0.480 e. The van der Waals surface area contributed by atoms with Gasteiger partial charge in [-0.25, -0.2) is 9.59 Å². The molecule has 0 bridgehead atoms. The lowest BCUT2D eigenvalue weighted by Gasteiger charge is -2.36. The third kappa shape index (κ3) is 4.87. The number of ether oxygens (including phenoxy) is 1. The molecule has 1 aliphatic carbocycles. The Kier molecular flexibility index (Phi) is 6.67. The van der Waals surface area contributed by atoms with Gasteiger partial charge in [0.1, 0.15) is 12.6 Å². The summed E-state index contributed by atoms with van der Waals surface area (Å²) in [5, 5.41) is 12.2. The maximum Gasteiger partial charge on any atom is 0.407 e. The molecule has 1 saturated heterocycles. The number of nitrogens with zero attached hydrogens (tertiary/aromatic N) is 1. The van der Waals surface area contributed by atoms with Gasteiger partial charge in [-0.1, -0.05) is 55.5 Å². The van der Waals surface area contributed by atoms with Gasteiger partial charge in [0.2, 0.25) is 5.91 Å². The normalized spacial score (nSPS) is 20.5. The monoisotopic (exact) mass is 450 g/mol. The van der Waals surface area contributed by atoms with Crippen LogP contribution < -0.4 is 5.32 Å². The predicted molar refractivity (Wildman–Crippen MR) is 124 cm³/mol. The molecule has 2 aromatic carbocycles. The Labute approximate surface area is 193 Å². The number of hydrogen-bond donors (Lipinski definition) is 2. The number of likely N-dealkylation sites (tertiary alicyclic amines) is 1. The molecule has 33 heavy (non-hydrogen) atoms. The third-order valence-electron chi connectivity index (χ3n) is 6.61. The van der Waals surface area contributed by atoms with E-state index in [1.807, 2.05) is 31.2 Å². The fourth-order valence-corrected chi connectivity index (χ4v) is 4.96. The Morgan fingerprint density at radius 2 is 1.67 bits per heavy atom. The molecular formula is C26H30N2O5. The molecule has 0 aromatic heterocycles. The van der Waals surface area contributed by atoms with Crippen molar-refractivity contribution in [1.29, 1.82) is 0 Å². The van der Waals surface area contributed by atoms with Crippen molar-refractivity contribution in [3.8, 4) is 11.1 Å². The fraction of sp³-hybridized carbons (Fsp3) is 0.423. The summed E-state index contributed by atoms with van der Waals surface area (Å²) in [5.41, 5.74) is 4.58. The lowest BCUT2D eigenvalue weighted by Crippen LogP contribution is -2.51. The summed E-state index contributed by atoms with van der Waals surface area (Å²) in [5.74, 6) is -1.02. The summed E-state index contributed by atoms with van der Waals surface area (Å²) >= 11 is 0. The van der Waals surface area contributed by atoms with Crippen LogP contribution in [0.1, 0.15) is 50.2 Å². The molecule has 3 atom stereocenters. The minimum absolute atomic E-state index is 0.0285. The number of rotatable bonds is 6. The quantitative estimate of drug-likeness (QED) is 0.693. The highest BCUT2D eigenvalue weighted by atomic mass is 16.5. The number of hydrogen-bond acceptors (Lipinski definition) is 4. The largest absolute Gasteiger partial charge is 0.480 e. The molecule has 0 radical (unpaired) electrons. The second-order valence-corrected chi connectivity index (χ2v) is 9.16. The topological polar surface area (TPSA) is 95.9 Å².